The smallest absolute Gasteiger partial charge is 0.234 e. The van der Waals surface area contributed by atoms with Gasteiger partial charge in [0.15, 0.2) is 0 Å². The molecule has 2 aromatic rings. The van der Waals surface area contributed by atoms with Crippen LogP contribution < -0.4 is 5.32 Å². The first-order chi connectivity index (χ1) is 11.6. The summed E-state index contributed by atoms with van der Waals surface area (Å²) in [6.07, 6.45) is 0. The van der Waals surface area contributed by atoms with Crippen molar-refractivity contribution in [1.82, 2.24) is 10.2 Å². The van der Waals surface area contributed by atoms with Gasteiger partial charge in [-0.3, -0.25) is 9.69 Å². The predicted octanol–water partition coefficient (Wildman–Crippen LogP) is 3.34. The average molecular weight is 391 g/mol. The summed E-state index contributed by atoms with van der Waals surface area (Å²) in [5, 5.41) is 2.97. The lowest BCUT2D eigenvalue weighted by Gasteiger charge is -2.16. The van der Waals surface area contributed by atoms with Gasteiger partial charge in [-0.05, 0) is 35.9 Å². The molecule has 128 valence electrons. The van der Waals surface area contributed by atoms with E-state index in [4.69, 9.17) is 4.74 Å². The number of amides is 1. The number of methoxy groups -OCH3 is 1. The van der Waals surface area contributed by atoms with Crippen LogP contribution in [0, 0.1) is 0 Å². The second kappa shape index (κ2) is 9.57. The van der Waals surface area contributed by atoms with Gasteiger partial charge in [0.2, 0.25) is 5.91 Å². The minimum Gasteiger partial charge on any atom is -0.380 e. The minimum atomic E-state index is 0.0201. The van der Waals surface area contributed by atoms with Gasteiger partial charge in [-0.2, -0.15) is 0 Å². The highest BCUT2D eigenvalue weighted by molar-refractivity contribution is 9.10. The fourth-order valence-corrected chi connectivity index (χ4v) is 2.72. The highest BCUT2D eigenvalue weighted by Crippen LogP contribution is 2.11. The van der Waals surface area contributed by atoms with Gasteiger partial charge in [0.25, 0.3) is 0 Å². The Bertz CT molecular complexity index is 659. The highest BCUT2D eigenvalue weighted by Gasteiger charge is 2.07. The maximum atomic E-state index is 12.1. The molecular weight excluding hydrogens is 368 g/mol. The van der Waals surface area contributed by atoms with Gasteiger partial charge in [0.1, 0.15) is 0 Å². The van der Waals surface area contributed by atoms with Gasteiger partial charge in [0, 0.05) is 24.7 Å². The molecule has 0 bridgehead atoms. The van der Waals surface area contributed by atoms with Crippen LogP contribution in [0.15, 0.2) is 53.0 Å². The summed E-state index contributed by atoms with van der Waals surface area (Å²) in [5.41, 5.74) is 3.37. The Hall–Kier alpha value is -1.69. The Morgan fingerprint density at radius 1 is 1.12 bits per heavy atom. The summed E-state index contributed by atoms with van der Waals surface area (Å²) in [7, 11) is 3.62. The lowest BCUT2D eigenvalue weighted by atomic mass is 10.1. The zero-order valence-electron chi connectivity index (χ0n) is 14.1. The van der Waals surface area contributed by atoms with Crippen LogP contribution in [0.1, 0.15) is 16.7 Å². The number of hydrogen-bond donors (Lipinski definition) is 1. The van der Waals surface area contributed by atoms with Crippen molar-refractivity contribution in [2.24, 2.45) is 0 Å². The number of likely N-dealkylation sites (N-methyl/N-ethyl adjacent to an activating group) is 1. The van der Waals surface area contributed by atoms with Crippen LogP contribution in [-0.4, -0.2) is 31.5 Å². The van der Waals surface area contributed by atoms with Crippen molar-refractivity contribution in [2.45, 2.75) is 19.7 Å². The van der Waals surface area contributed by atoms with Crippen molar-refractivity contribution in [3.63, 3.8) is 0 Å². The number of nitrogens with zero attached hydrogens (tertiary/aromatic N) is 1. The Labute approximate surface area is 151 Å². The molecule has 0 aliphatic rings. The normalized spacial score (nSPS) is 10.8. The standard InChI is InChI=1S/C19H23BrN2O2/c1-22(12-15-6-8-18(20)9-7-15)13-19(23)21-11-16-4-3-5-17(10-16)14-24-2/h3-10H,11-14H2,1-2H3,(H,21,23). The highest BCUT2D eigenvalue weighted by atomic mass is 79.9. The molecule has 0 radical (unpaired) electrons. The molecule has 24 heavy (non-hydrogen) atoms. The van der Waals surface area contributed by atoms with Gasteiger partial charge in [-0.15, -0.1) is 0 Å². The van der Waals surface area contributed by atoms with Crippen molar-refractivity contribution >= 4 is 21.8 Å². The van der Waals surface area contributed by atoms with Crippen LogP contribution in [0.5, 0.6) is 0 Å². The van der Waals surface area contributed by atoms with Crippen LogP contribution in [0.4, 0.5) is 0 Å². The third-order valence-corrected chi connectivity index (χ3v) is 4.10. The van der Waals surface area contributed by atoms with Crippen LogP contribution in [0.3, 0.4) is 0 Å². The maximum absolute atomic E-state index is 12.1. The summed E-state index contributed by atoms with van der Waals surface area (Å²) in [6, 6.07) is 16.2. The third kappa shape index (κ3) is 6.43. The largest absolute Gasteiger partial charge is 0.380 e. The molecule has 1 amide bonds. The van der Waals surface area contributed by atoms with Crippen molar-refractivity contribution in [3.05, 3.63) is 69.7 Å². The number of nitrogens with one attached hydrogen (secondary N) is 1. The Morgan fingerprint density at radius 2 is 1.83 bits per heavy atom. The molecule has 2 aromatic carbocycles. The van der Waals surface area contributed by atoms with Crippen LogP contribution >= 0.6 is 15.9 Å². The summed E-state index contributed by atoms with van der Waals surface area (Å²) in [6.45, 7) is 2.22. The van der Waals surface area contributed by atoms with Gasteiger partial charge < -0.3 is 10.1 Å². The molecule has 0 fully saturated rings. The first-order valence-electron chi connectivity index (χ1n) is 7.83. The molecular formula is C19H23BrN2O2. The second-order valence-corrected chi connectivity index (χ2v) is 6.74. The second-order valence-electron chi connectivity index (χ2n) is 5.83. The van der Waals surface area contributed by atoms with E-state index in [-0.39, 0.29) is 5.91 Å². The number of carbonyl (C=O) groups excluding carboxylic acids is 1. The Balaban J connectivity index is 1.78. The monoisotopic (exact) mass is 390 g/mol. The number of halogens is 1. The van der Waals surface area contributed by atoms with E-state index in [0.29, 0.717) is 19.7 Å². The van der Waals surface area contributed by atoms with E-state index in [0.717, 1.165) is 22.1 Å². The van der Waals surface area contributed by atoms with E-state index in [1.165, 1.54) is 5.56 Å². The predicted molar refractivity (Wildman–Crippen MR) is 99.5 cm³/mol. The molecule has 0 aromatic heterocycles. The Kier molecular flexibility index (Phi) is 7.43. The van der Waals surface area contributed by atoms with Crippen LogP contribution in [0.2, 0.25) is 0 Å². The molecule has 0 heterocycles. The molecule has 5 heteroatoms. The molecule has 1 N–H and O–H groups in total. The number of carbonyl (C=O) groups is 1. The number of benzene rings is 2. The molecule has 0 saturated heterocycles. The molecule has 0 atom stereocenters. The van der Waals surface area contributed by atoms with Gasteiger partial charge in [0.05, 0.1) is 13.2 Å². The summed E-state index contributed by atoms with van der Waals surface area (Å²) in [4.78, 5) is 14.1. The van der Waals surface area contributed by atoms with Gasteiger partial charge >= 0.3 is 0 Å². The van der Waals surface area contributed by atoms with Gasteiger partial charge in [-0.25, -0.2) is 0 Å². The van der Waals surface area contributed by atoms with E-state index in [1.54, 1.807) is 7.11 Å². The SMILES string of the molecule is COCc1cccc(CNC(=O)CN(C)Cc2ccc(Br)cc2)c1. The van der Waals surface area contributed by atoms with E-state index < -0.39 is 0 Å². The van der Waals surface area contributed by atoms with Crippen molar-refractivity contribution < 1.29 is 9.53 Å². The van der Waals surface area contributed by atoms with E-state index in [2.05, 4.69) is 39.4 Å². The summed E-state index contributed by atoms with van der Waals surface area (Å²) < 4.78 is 6.19. The fourth-order valence-electron chi connectivity index (χ4n) is 2.46. The molecule has 2 rings (SSSR count). The topological polar surface area (TPSA) is 41.6 Å². The summed E-state index contributed by atoms with van der Waals surface area (Å²) in [5.74, 6) is 0.0201. The zero-order chi connectivity index (χ0) is 17.4. The average Bonchev–Trinajstić information content (AvgIpc) is 2.56. The first kappa shape index (κ1) is 18.6. The minimum absolute atomic E-state index is 0.0201. The molecule has 0 aliphatic heterocycles. The number of ether oxygens (including phenoxy) is 1. The lowest BCUT2D eigenvalue weighted by molar-refractivity contribution is -0.122. The van der Waals surface area contributed by atoms with Crippen LogP contribution in [0.25, 0.3) is 0 Å². The lowest BCUT2D eigenvalue weighted by Crippen LogP contribution is -2.34. The number of rotatable bonds is 8. The van der Waals surface area contributed by atoms with E-state index >= 15 is 0 Å². The first-order valence-corrected chi connectivity index (χ1v) is 8.62. The van der Waals surface area contributed by atoms with Crippen molar-refractivity contribution in [3.8, 4) is 0 Å². The molecule has 0 aliphatic carbocycles. The molecule has 0 saturated carbocycles. The molecule has 0 unspecified atom stereocenters. The van der Waals surface area contributed by atoms with Crippen LogP contribution in [-0.2, 0) is 29.2 Å². The van der Waals surface area contributed by atoms with E-state index in [9.17, 15) is 4.79 Å². The summed E-state index contributed by atoms with van der Waals surface area (Å²) >= 11 is 3.42. The fraction of sp³-hybridized carbons (Fsp3) is 0.316. The molecule has 0 spiro atoms. The van der Waals surface area contributed by atoms with E-state index in [1.807, 2.05) is 42.3 Å². The molecule has 4 nitrogen and oxygen atoms in total. The van der Waals surface area contributed by atoms with Gasteiger partial charge in [-0.1, -0.05) is 52.3 Å². The van der Waals surface area contributed by atoms with Crippen molar-refractivity contribution in [2.75, 3.05) is 20.7 Å². The maximum Gasteiger partial charge on any atom is 0.234 e. The quantitative estimate of drug-likeness (QED) is 0.751. The number of hydrogen-bond acceptors (Lipinski definition) is 3. The zero-order valence-corrected chi connectivity index (χ0v) is 15.7. The third-order valence-electron chi connectivity index (χ3n) is 3.57. The Morgan fingerprint density at radius 3 is 2.54 bits per heavy atom. The van der Waals surface area contributed by atoms with Crippen molar-refractivity contribution in [1.29, 1.82) is 0 Å².